The normalized spacial score (nSPS) is 11.9. The van der Waals surface area contributed by atoms with Crippen molar-refractivity contribution in [2.45, 2.75) is 9.79 Å². The van der Waals surface area contributed by atoms with Gasteiger partial charge in [0.25, 0.3) is 0 Å². The SMILES string of the molecule is N#Cc1cc(-c2cccc(-c3cccc(N4c5ccccc5Sc5ccccc54)c3)c2)ccn1. The van der Waals surface area contributed by atoms with Gasteiger partial charge in [-0.05, 0) is 76.9 Å². The average molecular weight is 454 g/mol. The van der Waals surface area contributed by atoms with E-state index in [9.17, 15) is 5.26 Å². The van der Waals surface area contributed by atoms with Gasteiger partial charge in [-0.25, -0.2) is 4.98 Å². The topological polar surface area (TPSA) is 39.9 Å². The van der Waals surface area contributed by atoms with Crippen LogP contribution in [0.5, 0.6) is 0 Å². The molecule has 4 aromatic carbocycles. The Kier molecular flexibility index (Phi) is 5.10. The highest BCUT2D eigenvalue weighted by Gasteiger charge is 2.24. The van der Waals surface area contributed by atoms with Crippen LogP contribution in [0.2, 0.25) is 0 Å². The lowest BCUT2D eigenvalue weighted by Gasteiger charge is -2.33. The first-order valence-corrected chi connectivity index (χ1v) is 11.8. The summed E-state index contributed by atoms with van der Waals surface area (Å²) in [5.41, 5.74) is 8.25. The summed E-state index contributed by atoms with van der Waals surface area (Å²) >= 11 is 1.81. The summed E-state index contributed by atoms with van der Waals surface area (Å²) < 4.78 is 0. The van der Waals surface area contributed by atoms with E-state index in [-0.39, 0.29) is 0 Å². The molecule has 2 heterocycles. The minimum absolute atomic E-state index is 0.421. The molecule has 0 fully saturated rings. The maximum absolute atomic E-state index is 9.22. The fourth-order valence-corrected chi connectivity index (χ4v) is 5.41. The van der Waals surface area contributed by atoms with Crippen LogP contribution < -0.4 is 4.90 Å². The zero-order valence-corrected chi connectivity index (χ0v) is 19.0. The van der Waals surface area contributed by atoms with Crippen LogP contribution in [-0.4, -0.2) is 4.98 Å². The molecule has 0 amide bonds. The van der Waals surface area contributed by atoms with Gasteiger partial charge in [0.1, 0.15) is 11.8 Å². The predicted octanol–water partition coefficient (Wildman–Crippen LogP) is 8.22. The van der Waals surface area contributed by atoms with Crippen molar-refractivity contribution >= 4 is 28.8 Å². The Morgan fingerprint density at radius 1 is 0.618 bits per heavy atom. The van der Waals surface area contributed by atoms with E-state index < -0.39 is 0 Å². The average Bonchev–Trinajstić information content (AvgIpc) is 2.92. The monoisotopic (exact) mass is 453 g/mol. The van der Waals surface area contributed by atoms with Gasteiger partial charge in [0.2, 0.25) is 0 Å². The zero-order chi connectivity index (χ0) is 22.9. The molecule has 1 aliphatic rings. The number of nitrogens with zero attached hydrogens (tertiary/aromatic N) is 3. The Labute approximate surface area is 203 Å². The molecule has 4 heteroatoms. The standard InChI is InChI=1S/C30H19N3S/c31-20-25-18-24(15-16-32-25)22-8-5-7-21(17-22)23-9-6-10-26(19-23)33-27-11-1-3-13-29(27)34-30-14-4-2-12-28(30)33/h1-19H. The second-order valence-corrected chi connectivity index (χ2v) is 9.13. The van der Waals surface area contributed by atoms with Crippen molar-refractivity contribution in [3.8, 4) is 28.3 Å². The van der Waals surface area contributed by atoms with Gasteiger partial charge >= 0.3 is 0 Å². The molecule has 0 saturated carbocycles. The number of fused-ring (bicyclic) bond motifs is 2. The Balaban J connectivity index is 1.44. The summed E-state index contributed by atoms with van der Waals surface area (Å²) in [6.07, 6.45) is 1.68. The summed E-state index contributed by atoms with van der Waals surface area (Å²) in [4.78, 5) is 8.94. The smallest absolute Gasteiger partial charge is 0.141 e. The molecular formula is C30H19N3S. The minimum Gasteiger partial charge on any atom is -0.308 e. The molecule has 0 aliphatic carbocycles. The van der Waals surface area contributed by atoms with Crippen molar-refractivity contribution in [3.05, 3.63) is 121 Å². The van der Waals surface area contributed by atoms with Gasteiger partial charge in [0.05, 0.1) is 11.4 Å². The van der Waals surface area contributed by atoms with Crippen LogP contribution in [-0.2, 0) is 0 Å². The molecule has 0 spiro atoms. The van der Waals surface area contributed by atoms with E-state index in [0.717, 1.165) is 27.9 Å². The first kappa shape index (κ1) is 20.3. The number of para-hydroxylation sites is 2. The molecular weight excluding hydrogens is 434 g/mol. The van der Waals surface area contributed by atoms with E-state index >= 15 is 0 Å². The Hall–Kier alpha value is -4.33. The van der Waals surface area contributed by atoms with E-state index in [2.05, 4.69) is 113 Å². The summed E-state index contributed by atoms with van der Waals surface area (Å²) in [5, 5.41) is 9.22. The van der Waals surface area contributed by atoms with Crippen molar-refractivity contribution in [1.82, 2.24) is 4.98 Å². The number of hydrogen-bond acceptors (Lipinski definition) is 4. The molecule has 1 aromatic heterocycles. The summed E-state index contributed by atoms with van der Waals surface area (Å²) in [5.74, 6) is 0. The van der Waals surface area contributed by atoms with Crippen LogP contribution in [0, 0.1) is 11.3 Å². The Bertz CT molecular complexity index is 1520. The van der Waals surface area contributed by atoms with Crippen molar-refractivity contribution in [2.24, 2.45) is 0 Å². The van der Waals surface area contributed by atoms with Gasteiger partial charge in [-0.3, -0.25) is 0 Å². The number of nitriles is 1. The number of pyridine rings is 1. The summed E-state index contributed by atoms with van der Waals surface area (Å²) in [7, 11) is 0. The Morgan fingerprint density at radius 3 is 1.88 bits per heavy atom. The first-order chi connectivity index (χ1) is 16.8. The van der Waals surface area contributed by atoms with Crippen molar-refractivity contribution in [2.75, 3.05) is 4.90 Å². The number of aromatic nitrogens is 1. The highest BCUT2D eigenvalue weighted by molar-refractivity contribution is 7.99. The van der Waals surface area contributed by atoms with Crippen LogP contribution in [0.3, 0.4) is 0 Å². The molecule has 34 heavy (non-hydrogen) atoms. The molecule has 0 saturated heterocycles. The molecule has 3 nitrogen and oxygen atoms in total. The fraction of sp³-hybridized carbons (Fsp3) is 0. The second-order valence-electron chi connectivity index (χ2n) is 8.05. The fourth-order valence-electron chi connectivity index (χ4n) is 4.36. The van der Waals surface area contributed by atoms with E-state index in [1.54, 1.807) is 6.20 Å². The minimum atomic E-state index is 0.421. The largest absolute Gasteiger partial charge is 0.308 e. The van der Waals surface area contributed by atoms with Gasteiger partial charge in [0, 0.05) is 21.7 Å². The number of anilines is 3. The summed E-state index contributed by atoms with van der Waals surface area (Å²) in [6.45, 7) is 0. The lowest BCUT2D eigenvalue weighted by molar-refractivity contribution is 1.17. The van der Waals surface area contributed by atoms with Gasteiger partial charge in [-0.2, -0.15) is 5.26 Å². The van der Waals surface area contributed by atoms with Crippen molar-refractivity contribution < 1.29 is 0 Å². The van der Waals surface area contributed by atoms with Gasteiger partial charge in [-0.15, -0.1) is 0 Å². The first-order valence-electron chi connectivity index (χ1n) is 11.0. The second kappa shape index (κ2) is 8.55. The maximum Gasteiger partial charge on any atom is 0.141 e. The van der Waals surface area contributed by atoms with Crippen molar-refractivity contribution in [1.29, 1.82) is 5.26 Å². The molecule has 1 aliphatic heterocycles. The third kappa shape index (κ3) is 3.63. The highest BCUT2D eigenvalue weighted by atomic mass is 32.2. The van der Waals surface area contributed by atoms with Crippen LogP contribution in [0.1, 0.15) is 5.69 Å². The van der Waals surface area contributed by atoms with Gasteiger partial charge in [0.15, 0.2) is 0 Å². The summed E-state index contributed by atoms with van der Waals surface area (Å²) in [6, 6.07) is 40.1. The van der Waals surface area contributed by atoms with Gasteiger partial charge in [-0.1, -0.05) is 66.4 Å². The molecule has 0 atom stereocenters. The Morgan fingerprint density at radius 2 is 1.21 bits per heavy atom. The number of rotatable bonds is 3. The van der Waals surface area contributed by atoms with Crippen LogP contribution in [0.25, 0.3) is 22.3 Å². The van der Waals surface area contributed by atoms with E-state index in [1.165, 1.54) is 21.2 Å². The molecule has 5 aromatic rings. The van der Waals surface area contributed by atoms with E-state index in [0.29, 0.717) is 5.69 Å². The third-order valence-corrected chi connectivity index (χ3v) is 7.07. The van der Waals surface area contributed by atoms with Crippen LogP contribution >= 0.6 is 11.8 Å². The molecule has 0 N–H and O–H groups in total. The van der Waals surface area contributed by atoms with Gasteiger partial charge < -0.3 is 4.90 Å². The zero-order valence-electron chi connectivity index (χ0n) is 18.2. The number of hydrogen-bond donors (Lipinski definition) is 0. The lowest BCUT2D eigenvalue weighted by atomic mass is 9.98. The predicted molar refractivity (Wildman–Crippen MR) is 139 cm³/mol. The third-order valence-electron chi connectivity index (χ3n) is 5.94. The molecule has 0 bridgehead atoms. The molecule has 0 radical (unpaired) electrons. The molecule has 0 unspecified atom stereocenters. The lowest BCUT2D eigenvalue weighted by Crippen LogP contribution is -2.14. The quantitative estimate of drug-likeness (QED) is 0.271. The van der Waals surface area contributed by atoms with Crippen LogP contribution in [0.15, 0.2) is 125 Å². The van der Waals surface area contributed by atoms with Crippen LogP contribution in [0.4, 0.5) is 17.1 Å². The molecule has 6 rings (SSSR count). The van der Waals surface area contributed by atoms with Crippen molar-refractivity contribution in [3.63, 3.8) is 0 Å². The van der Waals surface area contributed by atoms with E-state index in [4.69, 9.17) is 0 Å². The maximum atomic E-state index is 9.22. The number of benzene rings is 4. The molecule has 160 valence electrons. The highest BCUT2D eigenvalue weighted by Crippen LogP contribution is 2.51. The van der Waals surface area contributed by atoms with E-state index in [1.807, 2.05) is 23.9 Å².